The summed E-state index contributed by atoms with van der Waals surface area (Å²) in [4.78, 5) is 6.07. The Bertz CT molecular complexity index is 240. The third-order valence-corrected chi connectivity index (χ3v) is 1.78. The van der Waals surface area contributed by atoms with Crippen LogP contribution < -0.4 is 10.6 Å². The van der Waals surface area contributed by atoms with Gasteiger partial charge < -0.3 is 15.7 Å². The quantitative estimate of drug-likeness (QED) is 0.677. The van der Waals surface area contributed by atoms with E-state index in [-0.39, 0.29) is 12.6 Å². The Balaban J connectivity index is 2.53. The lowest BCUT2D eigenvalue weighted by Gasteiger charge is -2.20. The summed E-state index contributed by atoms with van der Waals surface area (Å²) in [5.41, 5.74) is 5.59. The van der Waals surface area contributed by atoms with E-state index in [0.717, 1.165) is 5.82 Å². The standard InChI is InChI=1S/C9H15N3O/c1-12(6-8(10)7-13)9-4-2-3-5-11-9/h2-5,8,13H,6-7,10H2,1H3. The molecule has 13 heavy (non-hydrogen) atoms. The molecule has 0 aliphatic carbocycles. The topological polar surface area (TPSA) is 62.4 Å². The minimum Gasteiger partial charge on any atom is -0.395 e. The first-order chi connectivity index (χ1) is 6.24. The SMILES string of the molecule is CN(CC(N)CO)c1ccccn1. The minimum absolute atomic E-state index is 0.00280. The van der Waals surface area contributed by atoms with Gasteiger partial charge in [0.2, 0.25) is 0 Å². The molecule has 1 aromatic rings. The second kappa shape index (κ2) is 4.79. The molecule has 0 spiro atoms. The van der Waals surface area contributed by atoms with Crippen molar-refractivity contribution in [2.45, 2.75) is 6.04 Å². The maximum Gasteiger partial charge on any atom is 0.128 e. The summed E-state index contributed by atoms with van der Waals surface area (Å²) >= 11 is 0. The monoisotopic (exact) mass is 181 g/mol. The zero-order valence-corrected chi connectivity index (χ0v) is 7.72. The highest BCUT2D eigenvalue weighted by Gasteiger charge is 2.06. The Morgan fingerprint density at radius 1 is 1.62 bits per heavy atom. The molecule has 3 N–H and O–H groups in total. The van der Waals surface area contributed by atoms with Crippen LogP contribution in [0.1, 0.15) is 0 Å². The molecule has 1 heterocycles. The highest BCUT2D eigenvalue weighted by molar-refractivity contribution is 5.36. The first kappa shape index (κ1) is 9.95. The summed E-state index contributed by atoms with van der Waals surface area (Å²) in [6, 6.07) is 5.48. The van der Waals surface area contributed by atoms with Crippen LogP contribution in [0.3, 0.4) is 0 Å². The number of nitrogens with zero attached hydrogens (tertiary/aromatic N) is 2. The summed E-state index contributed by atoms with van der Waals surface area (Å²) in [5.74, 6) is 0.867. The van der Waals surface area contributed by atoms with Gasteiger partial charge in [0, 0.05) is 25.8 Å². The maximum atomic E-state index is 8.76. The van der Waals surface area contributed by atoms with Crippen LogP contribution in [0.5, 0.6) is 0 Å². The van der Waals surface area contributed by atoms with Gasteiger partial charge in [-0.2, -0.15) is 0 Å². The molecule has 1 atom stereocenters. The summed E-state index contributed by atoms with van der Waals surface area (Å²) in [5, 5.41) is 8.76. The molecule has 0 saturated heterocycles. The van der Waals surface area contributed by atoms with E-state index in [0.29, 0.717) is 6.54 Å². The van der Waals surface area contributed by atoms with Gasteiger partial charge in [-0.05, 0) is 12.1 Å². The van der Waals surface area contributed by atoms with Gasteiger partial charge >= 0.3 is 0 Å². The normalized spacial score (nSPS) is 12.5. The molecule has 0 fully saturated rings. The van der Waals surface area contributed by atoms with Crippen molar-refractivity contribution in [3.8, 4) is 0 Å². The summed E-state index contributed by atoms with van der Waals surface area (Å²) in [6.07, 6.45) is 1.73. The first-order valence-electron chi connectivity index (χ1n) is 4.22. The van der Waals surface area contributed by atoms with Crippen molar-refractivity contribution < 1.29 is 5.11 Å². The van der Waals surface area contributed by atoms with Gasteiger partial charge in [-0.25, -0.2) is 4.98 Å². The second-order valence-corrected chi connectivity index (χ2v) is 3.01. The largest absolute Gasteiger partial charge is 0.395 e. The van der Waals surface area contributed by atoms with Gasteiger partial charge in [-0.1, -0.05) is 6.07 Å². The van der Waals surface area contributed by atoms with Crippen LogP contribution >= 0.6 is 0 Å². The van der Waals surface area contributed by atoms with Crippen LogP contribution in [0, 0.1) is 0 Å². The van der Waals surface area contributed by atoms with E-state index in [9.17, 15) is 0 Å². The first-order valence-corrected chi connectivity index (χ1v) is 4.22. The van der Waals surface area contributed by atoms with E-state index in [2.05, 4.69) is 4.98 Å². The number of nitrogens with two attached hydrogens (primary N) is 1. The molecule has 0 aliphatic rings. The van der Waals surface area contributed by atoms with Crippen LogP contribution in [0.4, 0.5) is 5.82 Å². The second-order valence-electron chi connectivity index (χ2n) is 3.01. The molecule has 0 saturated carbocycles. The van der Waals surface area contributed by atoms with Crippen molar-refractivity contribution >= 4 is 5.82 Å². The lowest BCUT2D eigenvalue weighted by molar-refractivity contribution is 0.267. The number of hydrogen-bond donors (Lipinski definition) is 2. The number of rotatable bonds is 4. The highest BCUT2D eigenvalue weighted by atomic mass is 16.3. The van der Waals surface area contributed by atoms with E-state index in [1.54, 1.807) is 6.20 Å². The van der Waals surface area contributed by atoms with Crippen molar-refractivity contribution in [3.05, 3.63) is 24.4 Å². The molecule has 4 nitrogen and oxygen atoms in total. The molecular formula is C9H15N3O. The van der Waals surface area contributed by atoms with Crippen LogP contribution in [-0.4, -0.2) is 36.3 Å². The van der Waals surface area contributed by atoms with Gasteiger partial charge in [0.1, 0.15) is 5.82 Å². The van der Waals surface area contributed by atoms with E-state index in [1.807, 2.05) is 30.1 Å². The number of likely N-dealkylation sites (N-methyl/N-ethyl adjacent to an activating group) is 1. The van der Waals surface area contributed by atoms with Gasteiger partial charge in [-0.15, -0.1) is 0 Å². The molecule has 1 aromatic heterocycles. The Kier molecular flexibility index (Phi) is 3.67. The minimum atomic E-state index is -0.216. The van der Waals surface area contributed by atoms with Crippen molar-refractivity contribution in [2.75, 3.05) is 25.1 Å². The third kappa shape index (κ3) is 3.01. The Labute approximate surface area is 78.0 Å². The zero-order chi connectivity index (χ0) is 9.68. The smallest absolute Gasteiger partial charge is 0.128 e. The van der Waals surface area contributed by atoms with Gasteiger partial charge in [0.25, 0.3) is 0 Å². The Hall–Kier alpha value is -1.13. The lowest BCUT2D eigenvalue weighted by atomic mass is 10.3. The van der Waals surface area contributed by atoms with Crippen LogP contribution in [0.15, 0.2) is 24.4 Å². The summed E-state index contributed by atoms with van der Waals surface area (Å²) in [6.45, 7) is 0.602. The van der Waals surface area contributed by atoms with Crippen molar-refractivity contribution in [2.24, 2.45) is 5.73 Å². The Morgan fingerprint density at radius 2 is 2.38 bits per heavy atom. The summed E-state index contributed by atoms with van der Waals surface area (Å²) in [7, 11) is 1.90. The van der Waals surface area contributed by atoms with Crippen LogP contribution in [0.2, 0.25) is 0 Å². The maximum absolute atomic E-state index is 8.76. The number of aliphatic hydroxyl groups is 1. The molecule has 0 bridgehead atoms. The molecule has 4 heteroatoms. The van der Waals surface area contributed by atoms with Crippen molar-refractivity contribution in [3.63, 3.8) is 0 Å². The van der Waals surface area contributed by atoms with E-state index < -0.39 is 0 Å². The number of hydrogen-bond acceptors (Lipinski definition) is 4. The molecule has 0 radical (unpaired) electrons. The van der Waals surface area contributed by atoms with E-state index in [4.69, 9.17) is 10.8 Å². The van der Waals surface area contributed by atoms with Crippen LogP contribution in [-0.2, 0) is 0 Å². The van der Waals surface area contributed by atoms with Crippen LogP contribution in [0.25, 0.3) is 0 Å². The van der Waals surface area contributed by atoms with E-state index >= 15 is 0 Å². The predicted molar refractivity (Wildman–Crippen MR) is 52.6 cm³/mol. The number of aliphatic hydroxyl groups excluding tert-OH is 1. The average Bonchev–Trinajstić information content (AvgIpc) is 2.19. The molecule has 0 aliphatic heterocycles. The lowest BCUT2D eigenvalue weighted by Crippen LogP contribution is -2.38. The van der Waals surface area contributed by atoms with Gasteiger partial charge in [-0.3, -0.25) is 0 Å². The Morgan fingerprint density at radius 3 is 2.92 bits per heavy atom. The molecule has 72 valence electrons. The molecule has 0 amide bonds. The predicted octanol–water partition coefficient (Wildman–Crippen LogP) is -0.163. The van der Waals surface area contributed by atoms with E-state index in [1.165, 1.54) is 0 Å². The average molecular weight is 181 g/mol. The molecule has 1 unspecified atom stereocenters. The van der Waals surface area contributed by atoms with Gasteiger partial charge in [0.05, 0.1) is 6.61 Å². The molecule has 0 aromatic carbocycles. The van der Waals surface area contributed by atoms with Crippen molar-refractivity contribution in [1.29, 1.82) is 0 Å². The highest BCUT2D eigenvalue weighted by Crippen LogP contribution is 2.05. The summed E-state index contributed by atoms with van der Waals surface area (Å²) < 4.78 is 0. The number of pyridine rings is 1. The molecule has 1 rings (SSSR count). The zero-order valence-electron chi connectivity index (χ0n) is 7.72. The number of aromatic nitrogens is 1. The number of anilines is 1. The fraction of sp³-hybridized carbons (Fsp3) is 0.444. The fourth-order valence-electron chi connectivity index (χ4n) is 1.08. The van der Waals surface area contributed by atoms with Crippen molar-refractivity contribution in [1.82, 2.24) is 4.98 Å². The molecular weight excluding hydrogens is 166 g/mol. The fourth-order valence-corrected chi connectivity index (χ4v) is 1.08. The van der Waals surface area contributed by atoms with Gasteiger partial charge in [0.15, 0.2) is 0 Å². The third-order valence-electron chi connectivity index (χ3n) is 1.78.